The summed E-state index contributed by atoms with van der Waals surface area (Å²) in [7, 11) is 0. The molecule has 1 aliphatic heterocycles. The number of hydrogen-bond acceptors (Lipinski definition) is 3. The van der Waals surface area contributed by atoms with E-state index in [1.165, 1.54) is 18.4 Å². The van der Waals surface area contributed by atoms with Crippen LogP contribution in [0.4, 0.5) is 5.69 Å². The first-order valence-electron chi connectivity index (χ1n) is 6.85. The zero-order valence-corrected chi connectivity index (χ0v) is 11.5. The second-order valence-corrected chi connectivity index (χ2v) is 6.02. The molecule has 4 nitrogen and oxygen atoms in total. The molecule has 1 saturated carbocycles. The van der Waals surface area contributed by atoms with Gasteiger partial charge in [-0.3, -0.25) is 4.79 Å². The molecule has 1 fully saturated rings. The van der Waals surface area contributed by atoms with Crippen molar-refractivity contribution in [2.75, 3.05) is 11.9 Å². The number of amides is 1. The van der Waals surface area contributed by atoms with Gasteiger partial charge in [0.05, 0.1) is 5.69 Å². The Hall–Kier alpha value is -1.55. The molecule has 19 heavy (non-hydrogen) atoms. The lowest BCUT2D eigenvalue weighted by Crippen LogP contribution is -2.40. The molecule has 2 N–H and O–H groups in total. The van der Waals surface area contributed by atoms with Crippen molar-refractivity contribution in [2.24, 2.45) is 5.92 Å². The third kappa shape index (κ3) is 2.73. The second-order valence-electron chi connectivity index (χ2n) is 6.02. The van der Waals surface area contributed by atoms with Gasteiger partial charge in [-0.05, 0) is 50.3 Å². The maximum atomic E-state index is 11.3. The van der Waals surface area contributed by atoms with Crippen molar-refractivity contribution in [2.45, 2.75) is 38.8 Å². The molecule has 1 aliphatic carbocycles. The van der Waals surface area contributed by atoms with Crippen molar-refractivity contribution in [3.63, 3.8) is 0 Å². The molecule has 1 heterocycles. The van der Waals surface area contributed by atoms with Gasteiger partial charge in [-0.15, -0.1) is 0 Å². The van der Waals surface area contributed by atoms with Gasteiger partial charge in [0, 0.05) is 12.1 Å². The third-order valence-corrected chi connectivity index (χ3v) is 4.02. The van der Waals surface area contributed by atoms with Crippen LogP contribution < -0.4 is 15.4 Å². The van der Waals surface area contributed by atoms with Gasteiger partial charge in [0.1, 0.15) is 5.75 Å². The number of carbonyl (C=O) groups is 1. The SMILES string of the molecule is CC(C)(NCc1ccc2c(c1)NC(=O)CO2)C1CC1. The Kier molecular flexibility index (Phi) is 2.97. The Labute approximate surface area is 113 Å². The number of benzene rings is 1. The number of fused-ring (bicyclic) bond motifs is 1. The fraction of sp³-hybridized carbons (Fsp3) is 0.533. The van der Waals surface area contributed by atoms with Crippen LogP contribution in [-0.2, 0) is 11.3 Å². The van der Waals surface area contributed by atoms with Gasteiger partial charge in [-0.25, -0.2) is 0 Å². The van der Waals surface area contributed by atoms with Crippen LogP contribution in [0.5, 0.6) is 5.75 Å². The molecule has 1 amide bonds. The van der Waals surface area contributed by atoms with Crippen molar-refractivity contribution in [1.29, 1.82) is 0 Å². The smallest absolute Gasteiger partial charge is 0.262 e. The molecular formula is C15H20N2O2. The van der Waals surface area contributed by atoms with Crippen LogP contribution in [0.15, 0.2) is 18.2 Å². The van der Waals surface area contributed by atoms with E-state index in [1.807, 2.05) is 18.2 Å². The van der Waals surface area contributed by atoms with Gasteiger partial charge in [0.2, 0.25) is 0 Å². The quantitative estimate of drug-likeness (QED) is 0.873. The first-order chi connectivity index (χ1) is 9.04. The maximum absolute atomic E-state index is 11.3. The van der Waals surface area contributed by atoms with Gasteiger partial charge >= 0.3 is 0 Å². The largest absolute Gasteiger partial charge is 0.482 e. The molecular weight excluding hydrogens is 240 g/mol. The minimum Gasteiger partial charge on any atom is -0.482 e. The Balaban J connectivity index is 1.68. The first kappa shape index (κ1) is 12.5. The summed E-state index contributed by atoms with van der Waals surface area (Å²) in [5.74, 6) is 1.47. The van der Waals surface area contributed by atoms with E-state index < -0.39 is 0 Å². The van der Waals surface area contributed by atoms with E-state index >= 15 is 0 Å². The van der Waals surface area contributed by atoms with E-state index in [-0.39, 0.29) is 18.1 Å². The minimum atomic E-state index is -0.0871. The van der Waals surface area contributed by atoms with E-state index in [4.69, 9.17) is 4.74 Å². The highest BCUT2D eigenvalue weighted by molar-refractivity contribution is 5.95. The lowest BCUT2D eigenvalue weighted by Gasteiger charge is -2.27. The summed E-state index contributed by atoms with van der Waals surface area (Å²) >= 11 is 0. The van der Waals surface area contributed by atoms with Crippen molar-refractivity contribution in [3.8, 4) is 5.75 Å². The summed E-state index contributed by atoms with van der Waals surface area (Å²) in [4.78, 5) is 11.3. The molecule has 0 radical (unpaired) electrons. The number of rotatable bonds is 4. The van der Waals surface area contributed by atoms with Gasteiger partial charge in [-0.2, -0.15) is 0 Å². The standard InChI is InChI=1S/C15H20N2O2/c1-15(2,11-4-5-11)16-8-10-3-6-13-12(7-10)17-14(18)9-19-13/h3,6-7,11,16H,4-5,8-9H2,1-2H3,(H,17,18). The van der Waals surface area contributed by atoms with E-state index in [9.17, 15) is 4.79 Å². The number of ether oxygens (including phenoxy) is 1. The molecule has 1 aromatic rings. The van der Waals surface area contributed by atoms with Crippen molar-refractivity contribution in [1.82, 2.24) is 5.32 Å². The summed E-state index contributed by atoms with van der Waals surface area (Å²) in [6.07, 6.45) is 2.65. The molecule has 0 saturated heterocycles. The molecule has 4 heteroatoms. The van der Waals surface area contributed by atoms with E-state index in [0.29, 0.717) is 0 Å². The van der Waals surface area contributed by atoms with Crippen LogP contribution in [0.3, 0.4) is 0 Å². The topological polar surface area (TPSA) is 50.4 Å². The summed E-state index contributed by atoms with van der Waals surface area (Å²) in [6, 6.07) is 5.96. The van der Waals surface area contributed by atoms with E-state index in [1.54, 1.807) is 0 Å². The third-order valence-electron chi connectivity index (χ3n) is 4.02. The van der Waals surface area contributed by atoms with Crippen LogP contribution in [0.25, 0.3) is 0 Å². The van der Waals surface area contributed by atoms with Crippen LogP contribution in [0, 0.1) is 5.92 Å². The molecule has 0 atom stereocenters. The highest BCUT2D eigenvalue weighted by atomic mass is 16.5. The highest BCUT2D eigenvalue weighted by Crippen LogP contribution is 2.39. The predicted octanol–water partition coefficient (Wildman–Crippen LogP) is 2.30. The molecule has 3 rings (SSSR count). The molecule has 0 aromatic heterocycles. The minimum absolute atomic E-state index is 0.0871. The summed E-state index contributed by atoms with van der Waals surface area (Å²) < 4.78 is 5.35. The van der Waals surface area contributed by atoms with Crippen LogP contribution >= 0.6 is 0 Å². The summed E-state index contributed by atoms with van der Waals surface area (Å²) in [5, 5.41) is 6.44. The molecule has 102 valence electrons. The molecule has 1 aromatic carbocycles. The fourth-order valence-corrected chi connectivity index (χ4v) is 2.52. The number of carbonyl (C=O) groups excluding carboxylic acids is 1. The Bertz CT molecular complexity index is 507. The lowest BCUT2D eigenvalue weighted by atomic mass is 9.98. The first-order valence-corrected chi connectivity index (χ1v) is 6.85. The molecule has 0 unspecified atom stereocenters. The molecule has 0 spiro atoms. The van der Waals surface area contributed by atoms with Gasteiger partial charge in [0.15, 0.2) is 6.61 Å². The van der Waals surface area contributed by atoms with Crippen molar-refractivity contribution >= 4 is 11.6 Å². The second kappa shape index (κ2) is 4.53. The van der Waals surface area contributed by atoms with Crippen LogP contribution in [0.1, 0.15) is 32.3 Å². The average Bonchev–Trinajstić information content (AvgIpc) is 3.20. The average molecular weight is 260 g/mol. The maximum Gasteiger partial charge on any atom is 0.262 e. The van der Waals surface area contributed by atoms with Crippen molar-refractivity contribution in [3.05, 3.63) is 23.8 Å². The van der Waals surface area contributed by atoms with E-state index in [0.717, 1.165) is 23.9 Å². The predicted molar refractivity (Wildman–Crippen MR) is 74.2 cm³/mol. The van der Waals surface area contributed by atoms with Crippen molar-refractivity contribution < 1.29 is 9.53 Å². The van der Waals surface area contributed by atoms with Crippen LogP contribution in [-0.4, -0.2) is 18.1 Å². The van der Waals surface area contributed by atoms with E-state index in [2.05, 4.69) is 24.5 Å². The van der Waals surface area contributed by atoms with Crippen LogP contribution in [0.2, 0.25) is 0 Å². The zero-order valence-electron chi connectivity index (χ0n) is 11.5. The Morgan fingerprint density at radius 1 is 1.42 bits per heavy atom. The summed E-state index contributed by atoms with van der Waals surface area (Å²) in [5.41, 5.74) is 2.13. The fourth-order valence-electron chi connectivity index (χ4n) is 2.52. The van der Waals surface area contributed by atoms with Gasteiger partial charge < -0.3 is 15.4 Å². The lowest BCUT2D eigenvalue weighted by molar-refractivity contribution is -0.118. The number of hydrogen-bond donors (Lipinski definition) is 2. The monoisotopic (exact) mass is 260 g/mol. The highest BCUT2D eigenvalue weighted by Gasteiger charge is 2.37. The Morgan fingerprint density at radius 2 is 2.21 bits per heavy atom. The van der Waals surface area contributed by atoms with Gasteiger partial charge in [0.25, 0.3) is 5.91 Å². The molecule has 2 aliphatic rings. The number of anilines is 1. The Morgan fingerprint density at radius 3 is 2.95 bits per heavy atom. The molecule has 0 bridgehead atoms. The number of nitrogens with one attached hydrogen (secondary N) is 2. The summed E-state index contributed by atoms with van der Waals surface area (Å²) in [6.45, 7) is 5.44. The normalized spacial score (nSPS) is 18.5. The van der Waals surface area contributed by atoms with Gasteiger partial charge in [-0.1, -0.05) is 6.07 Å². The zero-order chi connectivity index (χ0) is 13.5.